The van der Waals surface area contributed by atoms with E-state index in [4.69, 9.17) is 31.7 Å². The van der Waals surface area contributed by atoms with Gasteiger partial charge >= 0.3 is 13.1 Å². The molecule has 1 aromatic carbocycles. The van der Waals surface area contributed by atoms with E-state index in [0.29, 0.717) is 16.1 Å². The highest BCUT2D eigenvalue weighted by molar-refractivity contribution is 6.56. The average Bonchev–Trinajstić information content (AvgIpc) is 2.66. The third-order valence-corrected chi connectivity index (χ3v) is 4.72. The van der Waals surface area contributed by atoms with Crippen molar-refractivity contribution in [3.63, 3.8) is 0 Å². The van der Waals surface area contributed by atoms with Crippen LogP contribution in [0.5, 0.6) is 0 Å². The van der Waals surface area contributed by atoms with E-state index in [1.54, 1.807) is 12.1 Å². The maximum atomic E-state index is 11.1. The number of carboxylic acids is 1. The Morgan fingerprint density at radius 3 is 2.35 bits per heavy atom. The van der Waals surface area contributed by atoms with E-state index in [0.717, 1.165) is 0 Å². The third-order valence-electron chi connectivity index (χ3n) is 4.38. The topological polar surface area (TPSA) is 81.8 Å². The van der Waals surface area contributed by atoms with Gasteiger partial charge in [-0.05, 0) is 56.9 Å². The van der Waals surface area contributed by atoms with Gasteiger partial charge in [-0.25, -0.2) is 4.79 Å². The van der Waals surface area contributed by atoms with E-state index in [1.807, 2.05) is 27.7 Å². The summed E-state index contributed by atoms with van der Waals surface area (Å²) in [5.74, 6) is -1.01. The lowest BCUT2D eigenvalue weighted by molar-refractivity contribution is 0.00578. The van der Waals surface area contributed by atoms with E-state index >= 15 is 0 Å². The Balaban J connectivity index is 2.37. The van der Waals surface area contributed by atoms with Crippen molar-refractivity contribution in [2.75, 3.05) is 6.54 Å². The molecule has 1 heterocycles. The van der Waals surface area contributed by atoms with Gasteiger partial charge in [0.15, 0.2) is 0 Å². The molecule has 1 aliphatic heterocycles. The summed E-state index contributed by atoms with van der Waals surface area (Å²) in [5.41, 5.74) is 6.32. The number of hydrogen-bond acceptors (Lipinski definition) is 4. The van der Waals surface area contributed by atoms with Gasteiger partial charge in [0.1, 0.15) is 0 Å². The lowest BCUT2D eigenvalue weighted by atomic mass is 9.77. The molecule has 0 aromatic heterocycles. The molecule has 5 nitrogen and oxygen atoms in total. The zero-order valence-electron chi connectivity index (χ0n) is 13.7. The summed E-state index contributed by atoms with van der Waals surface area (Å²) in [6, 6.07) is 4.51. The maximum absolute atomic E-state index is 11.1. The number of carbonyl (C=O) groups is 1. The Morgan fingerprint density at radius 1 is 1.30 bits per heavy atom. The predicted molar refractivity (Wildman–Crippen MR) is 91.5 cm³/mol. The van der Waals surface area contributed by atoms with Gasteiger partial charge < -0.3 is 20.1 Å². The van der Waals surface area contributed by atoms with Gasteiger partial charge in [-0.1, -0.05) is 17.7 Å². The first-order chi connectivity index (χ1) is 10.6. The quantitative estimate of drug-likeness (QED) is 0.825. The maximum Gasteiger partial charge on any atom is 0.491 e. The van der Waals surface area contributed by atoms with Crippen LogP contribution < -0.4 is 5.73 Å². The predicted octanol–water partition coefficient (Wildman–Crippen LogP) is 3.01. The van der Waals surface area contributed by atoms with Crippen LogP contribution in [-0.4, -0.2) is 35.9 Å². The summed E-state index contributed by atoms with van der Waals surface area (Å²) in [7, 11) is -0.588. The SMILES string of the molecule is CC1(C)OB(C(=Cc2cc(C(=O)O)ccc2Cl)CN)OC1(C)C. The van der Waals surface area contributed by atoms with E-state index in [1.165, 1.54) is 12.1 Å². The second-order valence-electron chi connectivity index (χ2n) is 6.55. The number of aromatic carboxylic acids is 1. The van der Waals surface area contributed by atoms with Crippen molar-refractivity contribution in [1.29, 1.82) is 0 Å². The Morgan fingerprint density at radius 2 is 1.87 bits per heavy atom. The fraction of sp³-hybridized carbons (Fsp3) is 0.438. The van der Waals surface area contributed by atoms with Crippen molar-refractivity contribution in [3.8, 4) is 0 Å². The number of nitrogens with two attached hydrogens (primary N) is 1. The first kappa shape index (κ1) is 18.0. The van der Waals surface area contributed by atoms with Gasteiger partial charge in [0.05, 0.1) is 16.8 Å². The molecule has 0 unspecified atom stereocenters. The molecule has 2 rings (SSSR count). The smallest absolute Gasteiger partial charge is 0.478 e. The molecule has 0 radical (unpaired) electrons. The van der Waals surface area contributed by atoms with Crippen molar-refractivity contribution in [3.05, 3.63) is 39.8 Å². The minimum Gasteiger partial charge on any atom is -0.478 e. The fourth-order valence-corrected chi connectivity index (χ4v) is 2.38. The summed E-state index contributed by atoms with van der Waals surface area (Å²) in [4.78, 5) is 11.1. The van der Waals surface area contributed by atoms with Gasteiger partial charge in [-0.15, -0.1) is 0 Å². The van der Waals surface area contributed by atoms with Crippen LogP contribution in [0.4, 0.5) is 0 Å². The van der Waals surface area contributed by atoms with E-state index in [-0.39, 0.29) is 12.1 Å². The molecular formula is C16H21BClNO4. The standard InChI is InChI=1S/C16H21BClNO4/c1-15(2)16(3,4)23-17(22-15)12(9-19)8-11-7-10(14(20)21)5-6-13(11)18/h5-8H,9,19H2,1-4H3,(H,20,21). The summed E-state index contributed by atoms with van der Waals surface area (Å²) in [5, 5.41) is 9.54. The van der Waals surface area contributed by atoms with Crippen LogP contribution in [0.25, 0.3) is 6.08 Å². The molecule has 0 aliphatic carbocycles. The second kappa shape index (κ2) is 6.28. The van der Waals surface area contributed by atoms with Gasteiger partial charge in [-0.3, -0.25) is 0 Å². The van der Waals surface area contributed by atoms with Crippen LogP contribution in [0.15, 0.2) is 23.7 Å². The minimum absolute atomic E-state index is 0.158. The monoisotopic (exact) mass is 337 g/mol. The van der Waals surface area contributed by atoms with Gasteiger partial charge in [0, 0.05) is 11.6 Å². The first-order valence-electron chi connectivity index (χ1n) is 7.36. The number of halogens is 1. The third kappa shape index (κ3) is 3.61. The molecule has 1 saturated heterocycles. The van der Waals surface area contributed by atoms with Crippen molar-refractivity contribution in [2.24, 2.45) is 5.73 Å². The van der Waals surface area contributed by atoms with E-state index in [9.17, 15) is 4.79 Å². The van der Waals surface area contributed by atoms with E-state index in [2.05, 4.69) is 0 Å². The van der Waals surface area contributed by atoms with Gasteiger partial charge in [0.25, 0.3) is 0 Å². The fourth-order valence-electron chi connectivity index (χ4n) is 2.20. The van der Waals surface area contributed by atoms with Gasteiger partial charge in [0.2, 0.25) is 0 Å². The van der Waals surface area contributed by atoms with Crippen molar-refractivity contribution >= 4 is 30.8 Å². The molecular weight excluding hydrogens is 316 g/mol. The second-order valence-corrected chi connectivity index (χ2v) is 6.96. The molecule has 1 fully saturated rings. The highest BCUT2D eigenvalue weighted by Crippen LogP contribution is 2.38. The summed E-state index contributed by atoms with van der Waals surface area (Å²) >= 11 is 6.16. The molecule has 7 heteroatoms. The van der Waals surface area contributed by atoms with Crippen LogP contribution in [0.3, 0.4) is 0 Å². The number of benzene rings is 1. The van der Waals surface area contributed by atoms with Crippen LogP contribution in [0, 0.1) is 0 Å². The molecule has 0 spiro atoms. The Labute approximate surface area is 141 Å². The number of hydrogen-bond donors (Lipinski definition) is 2. The lowest BCUT2D eigenvalue weighted by Crippen LogP contribution is -2.41. The zero-order chi connectivity index (χ0) is 17.4. The van der Waals surface area contributed by atoms with E-state index < -0.39 is 24.3 Å². The average molecular weight is 338 g/mol. The highest BCUT2D eigenvalue weighted by Gasteiger charge is 2.52. The summed E-state index contributed by atoms with van der Waals surface area (Å²) in [6.07, 6.45) is 1.73. The highest BCUT2D eigenvalue weighted by atomic mass is 35.5. The Hall–Kier alpha value is -1.34. The minimum atomic E-state index is -1.01. The van der Waals surface area contributed by atoms with Crippen LogP contribution >= 0.6 is 11.6 Å². The number of carboxylic acid groups (broad SMARTS) is 1. The Bertz CT molecular complexity index is 641. The van der Waals surface area contributed by atoms with Crippen molar-refractivity contribution in [2.45, 2.75) is 38.9 Å². The van der Waals surface area contributed by atoms with Crippen molar-refractivity contribution in [1.82, 2.24) is 0 Å². The van der Waals surface area contributed by atoms with Crippen LogP contribution in [0.1, 0.15) is 43.6 Å². The summed E-state index contributed by atoms with van der Waals surface area (Å²) < 4.78 is 12.0. The Kier molecular flexibility index (Phi) is 4.92. The summed E-state index contributed by atoms with van der Waals surface area (Å²) in [6.45, 7) is 8.04. The van der Waals surface area contributed by atoms with Crippen LogP contribution in [0.2, 0.25) is 5.02 Å². The lowest BCUT2D eigenvalue weighted by Gasteiger charge is -2.32. The molecule has 124 valence electrons. The largest absolute Gasteiger partial charge is 0.491 e. The molecule has 0 saturated carbocycles. The molecule has 23 heavy (non-hydrogen) atoms. The molecule has 3 N–H and O–H groups in total. The molecule has 0 bridgehead atoms. The molecule has 1 aliphatic rings. The van der Waals surface area contributed by atoms with Crippen molar-refractivity contribution < 1.29 is 19.2 Å². The molecule has 0 atom stereocenters. The molecule has 0 amide bonds. The normalized spacial score (nSPS) is 19.9. The first-order valence-corrected chi connectivity index (χ1v) is 7.74. The van der Waals surface area contributed by atoms with Crippen LogP contribution in [-0.2, 0) is 9.31 Å². The molecule has 1 aromatic rings. The van der Waals surface area contributed by atoms with Gasteiger partial charge in [-0.2, -0.15) is 0 Å². The number of rotatable bonds is 4. The zero-order valence-corrected chi connectivity index (χ0v) is 14.5.